The van der Waals surface area contributed by atoms with Crippen LogP contribution in [0.25, 0.3) is 0 Å². The maximum atomic E-state index is 5.08. The quantitative estimate of drug-likeness (QED) is 0.808. The molecule has 0 saturated carbocycles. The molecule has 0 aromatic carbocycles. The minimum Gasteiger partial charge on any atom is -0.339 e. The average Bonchev–Trinajstić information content (AvgIpc) is 2.78. The van der Waals surface area contributed by atoms with Gasteiger partial charge in [0.05, 0.1) is 9.77 Å². The van der Waals surface area contributed by atoms with Crippen molar-refractivity contribution in [3.8, 4) is 0 Å². The summed E-state index contributed by atoms with van der Waals surface area (Å²) in [6, 6.07) is 0. The van der Waals surface area contributed by atoms with Crippen molar-refractivity contribution in [2.24, 2.45) is 0 Å². The minimum atomic E-state index is 0.566. The van der Waals surface area contributed by atoms with E-state index in [4.69, 9.17) is 4.52 Å². The van der Waals surface area contributed by atoms with Crippen molar-refractivity contribution < 1.29 is 4.52 Å². The molecule has 0 atom stereocenters. The van der Waals surface area contributed by atoms with E-state index in [-0.39, 0.29) is 0 Å². The number of hydrogen-bond acceptors (Lipinski definition) is 4. The molecule has 0 fully saturated rings. The van der Waals surface area contributed by atoms with E-state index in [0.29, 0.717) is 18.3 Å². The molecule has 2 aromatic rings. The first kappa shape index (κ1) is 10.6. The molecule has 0 bridgehead atoms. The van der Waals surface area contributed by atoms with Crippen molar-refractivity contribution in [1.82, 2.24) is 19.9 Å². The van der Waals surface area contributed by atoms with Crippen molar-refractivity contribution >= 4 is 22.6 Å². The van der Waals surface area contributed by atoms with Gasteiger partial charge in [-0.3, -0.25) is 4.68 Å². The largest absolute Gasteiger partial charge is 0.339 e. The van der Waals surface area contributed by atoms with Gasteiger partial charge in [-0.2, -0.15) is 10.1 Å². The van der Waals surface area contributed by atoms with Gasteiger partial charge in [-0.25, -0.2) is 0 Å². The summed E-state index contributed by atoms with van der Waals surface area (Å²) in [5.41, 5.74) is 0. The van der Waals surface area contributed by atoms with E-state index in [1.54, 1.807) is 10.9 Å². The highest BCUT2D eigenvalue weighted by atomic mass is 127. The van der Waals surface area contributed by atoms with E-state index in [1.165, 1.54) is 0 Å². The molecular formula is C9H11IN4O. The summed E-state index contributed by atoms with van der Waals surface area (Å²) in [5, 5.41) is 8.04. The molecule has 0 aliphatic heterocycles. The molecule has 0 aliphatic carbocycles. The first-order valence-electron chi connectivity index (χ1n) is 4.77. The van der Waals surface area contributed by atoms with Gasteiger partial charge in [-0.1, -0.05) is 12.1 Å². The predicted octanol–water partition coefficient (Wildman–Crippen LogP) is 1.87. The first-order chi connectivity index (χ1) is 7.28. The fraction of sp³-hybridized carbons (Fsp3) is 0.444. The molecule has 0 radical (unpaired) electrons. The fourth-order valence-corrected chi connectivity index (χ4v) is 1.69. The second kappa shape index (κ2) is 4.73. The predicted molar refractivity (Wildman–Crippen MR) is 62.3 cm³/mol. The summed E-state index contributed by atoms with van der Waals surface area (Å²) in [5.74, 6) is 1.38. The number of aromatic nitrogens is 4. The van der Waals surface area contributed by atoms with Gasteiger partial charge in [0.15, 0.2) is 5.82 Å². The van der Waals surface area contributed by atoms with Crippen LogP contribution in [0.3, 0.4) is 0 Å². The maximum Gasteiger partial charge on any atom is 0.226 e. The molecule has 0 aliphatic rings. The lowest BCUT2D eigenvalue weighted by Crippen LogP contribution is -2.01. The normalized spacial score (nSPS) is 10.8. The Hall–Kier alpha value is -0.920. The smallest absolute Gasteiger partial charge is 0.226 e. The second-order valence-electron chi connectivity index (χ2n) is 3.21. The van der Waals surface area contributed by atoms with Gasteiger partial charge in [-0.15, -0.1) is 0 Å². The highest BCUT2D eigenvalue weighted by molar-refractivity contribution is 14.1. The van der Waals surface area contributed by atoms with Crippen molar-refractivity contribution in [3.63, 3.8) is 0 Å². The summed E-state index contributed by atoms with van der Waals surface area (Å²) >= 11 is 2.21. The SMILES string of the molecule is CCCc1nc(Cn2cc(I)cn2)no1. The maximum absolute atomic E-state index is 5.08. The van der Waals surface area contributed by atoms with Crippen LogP contribution in [0.5, 0.6) is 0 Å². The van der Waals surface area contributed by atoms with Crippen LogP contribution >= 0.6 is 22.6 Å². The van der Waals surface area contributed by atoms with Crippen molar-refractivity contribution in [2.75, 3.05) is 0 Å². The van der Waals surface area contributed by atoms with Crippen LogP contribution < -0.4 is 0 Å². The number of halogens is 1. The molecule has 2 aromatic heterocycles. The third kappa shape index (κ3) is 2.77. The number of aryl methyl sites for hydroxylation is 1. The topological polar surface area (TPSA) is 56.7 Å². The summed E-state index contributed by atoms with van der Waals surface area (Å²) in [6.45, 7) is 2.65. The third-order valence-electron chi connectivity index (χ3n) is 1.88. The van der Waals surface area contributed by atoms with Crippen LogP contribution in [-0.2, 0) is 13.0 Å². The fourth-order valence-electron chi connectivity index (χ4n) is 1.24. The molecule has 2 rings (SSSR count). The lowest BCUT2D eigenvalue weighted by Gasteiger charge is -1.93. The Morgan fingerprint density at radius 1 is 1.53 bits per heavy atom. The molecule has 0 saturated heterocycles. The lowest BCUT2D eigenvalue weighted by atomic mass is 10.3. The van der Waals surface area contributed by atoms with Crippen molar-refractivity contribution in [1.29, 1.82) is 0 Å². The zero-order valence-electron chi connectivity index (χ0n) is 8.35. The lowest BCUT2D eigenvalue weighted by molar-refractivity contribution is 0.370. The average molecular weight is 318 g/mol. The van der Waals surface area contributed by atoms with Crippen LogP contribution in [0, 0.1) is 3.57 Å². The standard InChI is InChI=1S/C9H11IN4O/c1-2-3-9-12-8(13-15-9)6-14-5-7(10)4-11-14/h4-5H,2-3,6H2,1H3. The highest BCUT2D eigenvalue weighted by Crippen LogP contribution is 2.05. The summed E-state index contributed by atoms with van der Waals surface area (Å²) in [4.78, 5) is 4.26. The zero-order chi connectivity index (χ0) is 10.7. The Labute approximate surface area is 101 Å². The van der Waals surface area contributed by atoms with Crippen LogP contribution in [0.15, 0.2) is 16.9 Å². The van der Waals surface area contributed by atoms with Crippen molar-refractivity contribution in [2.45, 2.75) is 26.3 Å². The van der Waals surface area contributed by atoms with Crippen LogP contribution in [0.2, 0.25) is 0 Å². The van der Waals surface area contributed by atoms with E-state index in [9.17, 15) is 0 Å². The molecule has 2 heterocycles. The number of rotatable bonds is 4. The summed E-state index contributed by atoms with van der Waals surface area (Å²) in [7, 11) is 0. The first-order valence-corrected chi connectivity index (χ1v) is 5.85. The van der Waals surface area contributed by atoms with Gasteiger partial charge < -0.3 is 4.52 Å². The summed E-state index contributed by atoms with van der Waals surface area (Å²) < 4.78 is 7.98. The minimum absolute atomic E-state index is 0.566. The van der Waals surface area contributed by atoms with Crippen LogP contribution in [-0.4, -0.2) is 19.9 Å². The molecular weight excluding hydrogens is 307 g/mol. The molecule has 0 amide bonds. The summed E-state index contributed by atoms with van der Waals surface area (Å²) in [6.07, 6.45) is 5.59. The van der Waals surface area contributed by atoms with Gasteiger partial charge >= 0.3 is 0 Å². The molecule has 80 valence electrons. The van der Waals surface area contributed by atoms with Crippen LogP contribution in [0.4, 0.5) is 0 Å². The molecule has 0 N–H and O–H groups in total. The Morgan fingerprint density at radius 3 is 3.07 bits per heavy atom. The van der Waals surface area contributed by atoms with Gasteiger partial charge in [-0.05, 0) is 29.0 Å². The second-order valence-corrected chi connectivity index (χ2v) is 4.46. The Morgan fingerprint density at radius 2 is 2.40 bits per heavy atom. The van der Waals surface area contributed by atoms with Crippen molar-refractivity contribution in [3.05, 3.63) is 27.7 Å². The Kier molecular flexibility index (Phi) is 3.34. The molecule has 15 heavy (non-hydrogen) atoms. The number of nitrogens with zero attached hydrogens (tertiary/aromatic N) is 4. The molecule has 5 nitrogen and oxygen atoms in total. The monoisotopic (exact) mass is 318 g/mol. The van der Waals surface area contributed by atoms with Gasteiger partial charge in [0.25, 0.3) is 0 Å². The third-order valence-corrected chi connectivity index (χ3v) is 2.44. The van der Waals surface area contributed by atoms with Crippen LogP contribution in [0.1, 0.15) is 25.1 Å². The highest BCUT2D eigenvalue weighted by Gasteiger charge is 2.06. The Balaban J connectivity index is 2.04. The zero-order valence-corrected chi connectivity index (χ0v) is 10.5. The van der Waals surface area contributed by atoms with E-state index in [0.717, 1.165) is 16.4 Å². The van der Waals surface area contributed by atoms with Gasteiger partial charge in [0.2, 0.25) is 5.89 Å². The molecule has 6 heteroatoms. The van der Waals surface area contributed by atoms with Gasteiger partial charge in [0.1, 0.15) is 6.54 Å². The van der Waals surface area contributed by atoms with E-state index < -0.39 is 0 Å². The Bertz CT molecular complexity index is 437. The molecule has 0 unspecified atom stereocenters. The van der Waals surface area contributed by atoms with E-state index in [1.807, 2.05) is 6.20 Å². The van der Waals surface area contributed by atoms with E-state index >= 15 is 0 Å². The molecule has 0 spiro atoms. The number of hydrogen-bond donors (Lipinski definition) is 0. The van der Waals surface area contributed by atoms with E-state index in [2.05, 4.69) is 44.8 Å². The van der Waals surface area contributed by atoms with Gasteiger partial charge in [0, 0.05) is 12.6 Å².